The summed E-state index contributed by atoms with van der Waals surface area (Å²) in [6.45, 7) is 2.74. The van der Waals surface area contributed by atoms with E-state index in [0.717, 1.165) is 5.01 Å². The first kappa shape index (κ1) is 21.2. The van der Waals surface area contributed by atoms with Crippen molar-refractivity contribution in [1.29, 1.82) is 0 Å². The van der Waals surface area contributed by atoms with Crippen LogP contribution in [0.3, 0.4) is 0 Å². The average Bonchev–Trinajstić information content (AvgIpc) is 3.18. The van der Waals surface area contributed by atoms with E-state index in [1.165, 1.54) is 25.3 Å². The van der Waals surface area contributed by atoms with Gasteiger partial charge in [-0.15, -0.1) is 11.3 Å². The third-order valence-corrected chi connectivity index (χ3v) is 6.08. The van der Waals surface area contributed by atoms with Crippen LogP contribution in [0.15, 0.2) is 46.7 Å². The molecule has 0 radical (unpaired) electrons. The molecular formula is C22H23FN4O3S. The largest absolute Gasteiger partial charge is 0.496 e. The molecule has 3 aromatic rings. The van der Waals surface area contributed by atoms with E-state index in [-0.39, 0.29) is 29.6 Å². The monoisotopic (exact) mass is 442 g/mol. The van der Waals surface area contributed by atoms with Crippen molar-refractivity contribution in [2.24, 2.45) is 0 Å². The van der Waals surface area contributed by atoms with Crippen LogP contribution in [-0.2, 0) is 26.1 Å². The number of halogens is 1. The number of fused-ring (bicyclic) bond motifs is 1. The molecule has 0 saturated heterocycles. The fourth-order valence-electron chi connectivity index (χ4n) is 3.80. The number of ether oxygens (including phenoxy) is 1. The predicted molar refractivity (Wildman–Crippen MR) is 116 cm³/mol. The number of amides is 1. The van der Waals surface area contributed by atoms with Gasteiger partial charge in [0.25, 0.3) is 11.5 Å². The summed E-state index contributed by atoms with van der Waals surface area (Å²) >= 11 is 1.60. The number of methoxy groups -OCH3 is 1. The van der Waals surface area contributed by atoms with Crippen LogP contribution in [0.5, 0.6) is 5.75 Å². The van der Waals surface area contributed by atoms with Crippen LogP contribution in [0.2, 0.25) is 0 Å². The Hall–Kier alpha value is -3.04. The van der Waals surface area contributed by atoms with Crippen molar-refractivity contribution in [2.45, 2.75) is 26.1 Å². The van der Waals surface area contributed by atoms with Crippen LogP contribution in [0.1, 0.15) is 26.6 Å². The molecule has 1 aromatic carbocycles. The highest BCUT2D eigenvalue weighted by molar-refractivity contribution is 7.09. The molecule has 0 aliphatic carbocycles. The quantitative estimate of drug-likeness (QED) is 0.635. The van der Waals surface area contributed by atoms with E-state index in [1.807, 2.05) is 5.38 Å². The van der Waals surface area contributed by atoms with Gasteiger partial charge >= 0.3 is 0 Å². The van der Waals surface area contributed by atoms with Gasteiger partial charge in [0.05, 0.1) is 13.7 Å². The summed E-state index contributed by atoms with van der Waals surface area (Å²) in [6, 6.07) is 7.44. The number of hydrogen-bond donors (Lipinski definition) is 1. The number of benzene rings is 1. The smallest absolute Gasteiger partial charge is 0.257 e. The van der Waals surface area contributed by atoms with E-state index in [0.29, 0.717) is 49.4 Å². The van der Waals surface area contributed by atoms with Gasteiger partial charge in [-0.2, -0.15) is 0 Å². The second-order valence-corrected chi connectivity index (χ2v) is 8.27. The lowest BCUT2D eigenvalue weighted by Crippen LogP contribution is -2.31. The van der Waals surface area contributed by atoms with E-state index < -0.39 is 0 Å². The number of rotatable bonds is 6. The number of carbonyl (C=O) groups is 1. The zero-order chi connectivity index (χ0) is 21.8. The molecule has 1 aliphatic heterocycles. The number of pyridine rings is 1. The van der Waals surface area contributed by atoms with Crippen molar-refractivity contribution in [3.63, 3.8) is 0 Å². The number of hydrogen-bond acceptors (Lipinski definition) is 6. The van der Waals surface area contributed by atoms with Gasteiger partial charge < -0.3 is 14.6 Å². The number of carbonyl (C=O) groups excluding carboxylic acids is 1. The van der Waals surface area contributed by atoms with Crippen molar-refractivity contribution in [3.8, 4) is 5.75 Å². The molecule has 1 N–H and O–H groups in total. The van der Waals surface area contributed by atoms with Crippen molar-refractivity contribution in [3.05, 3.63) is 79.9 Å². The number of aromatic nitrogens is 2. The number of thiazole rings is 1. The normalized spacial score (nSPS) is 14.0. The van der Waals surface area contributed by atoms with Gasteiger partial charge in [0.1, 0.15) is 22.1 Å². The predicted octanol–water partition coefficient (Wildman–Crippen LogP) is 2.44. The lowest BCUT2D eigenvalue weighted by molar-refractivity contribution is 0.0945. The van der Waals surface area contributed by atoms with Crippen LogP contribution < -0.4 is 15.6 Å². The summed E-state index contributed by atoms with van der Waals surface area (Å²) in [6.07, 6.45) is 2.31. The highest BCUT2D eigenvalue weighted by Gasteiger charge is 2.25. The standard InChI is InChI=1S/C22H23FN4O3S/c1-30-18-12-20(28)27-9-8-26(14-19-24-6-10-31-19)7-5-17(27)21(18)22(29)25-13-15-3-2-4-16(23)11-15/h2-4,6,10-12H,5,7-9,13-14H2,1H3,(H,25,29). The fourth-order valence-corrected chi connectivity index (χ4v) is 4.45. The maximum absolute atomic E-state index is 13.4. The van der Waals surface area contributed by atoms with E-state index in [2.05, 4.69) is 15.2 Å². The number of nitrogens with zero attached hydrogens (tertiary/aromatic N) is 3. The van der Waals surface area contributed by atoms with Crippen molar-refractivity contribution in [2.75, 3.05) is 20.2 Å². The molecule has 2 aromatic heterocycles. The topological polar surface area (TPSA) is 76.5 Å². The minimum absolute atomic E-state index is 0.175. The summed E-state index contributed by atoms with van der Waals surface area (Å²) in [5, 5.41) is 5.79. The number of nitrogens with one attached hydrogen (secondary N) is 1. The van der Waals surface area contributed by atoms with Gasteiger partial charge in [-0.05, 0) is 17.7 Å². The summed E-state index contributed by atoms with van der Waals surface area (Å²) in [4.78, 5) is 32.4. The molecule has 0 unspecified atom stereocenters. The Balaban J connectivity index is 1.58. The van der Waals surface area contributed by atoms with E-state index in [4.69, 9.17) is 4.74 Å². The minimum Gasteiger partial charge on any atom is -0.496 e. The lowest BCUT2D eigenvalue weighted by atomic mass is 10.1. The first-order valence-corrected chi connectivity index (χ1v) is 10.9. The third kappa shape index (κ3) is 4.83. The van der Waals surface area contributed by atoms with E-state index >= 15 is 0 Å². The Morgan fingerprint density at radius 1 is 1.29 bits per heavy atom. The second kappa shape index (κ2) is 9.40. The van der Waals surface area contributed by atoms with Crippen molar-refractivity contribution >= 4 is 17.2 Å². The van der Waals surface area contributed by atoms with Crippen molar-refractivity contribution < 1.29 is 13.9 Å². The Kier molecular flexibility index (Phi) is 6.43. The van der Waals surface area contributed by atoms with Crippen LogP contribution in [0.25, 0.3) is 0 Å². The van der Waals surface area contributed by atoms with Crippen LogP contribution in [0, 0.1) is 5.82 Å². The minimum atomic E-state index is -0.357. The fraction of sp³-hybridized carbons (Fsp3) is 0.318. The summed E-state index contributed by atoms with van der Waals surface area (Å²) in [5.74, 6) is -0.454. The summed E-state index contributed by atoms with van der Waals surface area (Å²) in [7, 11) is 1.45. The zero-order valence-corrected chi connectivity index (χ0v) is 18.0. The first-order chi connectivity index (χ1) is 15.0. The molecule has 1 aliphatic rings. The van der Waals surface area contributed by atoms with Gasteiger partial charge in [-0.3, -0.25) is 14.5 Å². The molecule has 0 bridgehead atoms. The molecule has 0 fully saturated rings. The Morgan fingerprint density at radius 2 is 2.16 bits per heavy atom. The first-order valence-electron chi connectivity index (χ1n) is 9.99. The molecule has 0 saturated carbocycles. The van der Waals surface area contributed by atoms with Crippen LogP contribution in [-0.4, -0.2) is 40.6 Å². The molecule has 0 atom stereocenters. The maximum Gasteiger partial charge on any atom is 0.257 e. The molecule has 7 nitrogen and oxygen atoms in total. The van der Waals surface area contributed by atoms with Gasteiger partial charge in [0.15, 0.2) is 0 Å². The van der Waals surface area contributed by atoms with E-state index in [9.17, 15) is 14.0 Å². The Bertz CT molecular complexity index is 1130. The van der Waals surface area contributed by atoms with Gasteiger partial charge in [-0.1, -0.05) is 12.1 Å². The van der Waals surface area contributed by atoms with Crippen molar-refractivity contribution in [1.82, 2.24) is 19.8 Å². The van der Waals surface area contributed by atoms with Crippen LogP contribution in [0.4, 0.5) is 4.39 Å². The van der Waals surface area contributed by atoms with Gasteiger partial charge in [-0.25, -0.2) is 9.37 Å². The molecule has 9 heteroatoms. The Labute approximate surface area is 183 Å². The zero-order valence-electron chi connectivity index (χ0n) is 17.1. The summed E-state index contributed by atoms with van der Waals surface area (Å²) < 4.78 is 20.5. The third-order valence-electron chi connectivity index (χ3n) is 5.32. The molecular weight excluding hydrogens is 419 g/mol. The molecule has 4 rings (SSSR count). The Morgan fingerprint density at radius 3 is 2.90 bits per heavy atom. The molecule has 31 heavy (non-hydrogen) atoms. The van der Waals surface area contributed by atoms with Gasteiger partial charge in [0.2, 0.25) is 0 Å². The molecule has 1 amide bonds. The van der Waals surface area contributed by atoms with E-state index in [1.54, 1.807) is 34.2 Å². The second-order valence-electron chi connectivity index (χ2n) is 7.29. The highest BCUT2D eigenvalue weighted by atomic mass is 32.1. The highest BCUT2D eigenvalue weighted by Crippen LogP contribution is 2.23. The summed E-state index contributed by atoms with van der Waals surface area (Å²) in [5.41, 5.74) is 1.48. The maximum atomic E-state index is 13.4. The lowest BCUT2D eigenvalue weighted by Gasteiger charge is -2.17. The SMILES string of the molecule is COc1cc(=O)n2c(c1C(=O)NCc1cccc(F)c1)CCN(Cc1nccs1)CC2. The van der Waals surface area contributed by atoms with Crippen LogP contribution >= 0.6 is 11.3 Å². The average molecular weight is 443 g/mol. The molecule has 0 spiro atoms. The molecule has 162 valence electrons. The van der Waals surface area contributed by atoms with Gasteiger partial charge in [0, 0.05) is 55.9 Å². The molecule has 3 heterocycles.